The third-order valence-corrected chi connectivity index (χ3v) is 4.30. The predicted octanol–water partition coefficient (Wildman–Crippen LogP) is 3.16. The molecule has 2 heterocycles. The van der Waals surface area contributed by atoms with Crippen LogP contribution in [-0.2, 0) is 17.7 Å². The quantitative estimate of drug-likeness (QED) is 0.569. The summed E-state index contributed by atoms with van der Waals surface area (Å²) in [6.07, 6.45) is 6.04. The van der Waals surface area contributed by atoms with Gasteiger partial charge in [0.05, 0.1) is 6.61 Å². The van der Waals surface area contributed by atoms with Crippen LogP contribution in [0.25, 0.3) is 0 Å². The second-order valence-electron chi connectivity index (χ2n) is 5.50. The second-order valence-corrected chi connectivity index (χ2v) is 6.57. The second kappa shape index (κ2) is 7.90. The minimum Gasteiger partial charge on any atom is -0.381 e. The average Bonchev–Trinajstić information content (AvgIpc) is 2.61. The van der Waals surface area contributed by atoms with Gasteiger partial charge in [0.2, 0.25) is 0 Å². The van der Waals surface area contributed by atoms with Crippen molar-refractivity contribution >= 4 is 11.8 Å². The smallest absolute Gasteiger partial charge is 0.191 e. The fraction of sp³-hybridized carbons (Fsp3) is 0.857. The Labute approximate surface area is 120 Å². The van der Waals surface area contributed by atoms with Crippen LogP contribution in [0.1, 0.15) is 45.4 Å². The first-order chi connectivity index (χ1) is 9.27. The van der Waals surface area contributed by atoms with E-state index < -0.39 is 0 Å². The van der Waals surface area contributed by atoms with Crippen molar-refractivity contribution in [1.82, 2.24) is 14.8 Å². The summed E-state index contributed by atoms with van der Waals surface area (Å²) in [4.78, 5) is 0. The van der Waals surface area contributed by atoms with E-state index in [9.17, 15) is 0 Å². The molecule has 4 nitrogen and oxygen atoms in total. The van der Waals surface area contributed by atoms with Gasteiger partial charge in [-0.1, -0.05) is 32.0 Å². The Balaban J connectivity index is 1.70. The molecular formula is C14H25N3OS. The number of hydrogen-bond donors (Lipinski definition) is 0. The minimum atomic E-state index is 0.722. The lowest BCUT2D eigenvalue weighted by molar-refractivity contribution is 0.138. The van der Waals surface area contributed by atoms with Crippen LogP contribution in [-0.4, -0.2) is 33.7 Å². The van der Waals surface area contributed by atoms with Crippen LogP contribution in [0.15, 0.2) is 5.16 Å². The van der Waals surface area contributed by atoms with Gasteiger partial charge in [-0.2, -0.15) is 0 Å². The zero-order valence-electron chi connectivity index (χ0n) is 12.1. The van der Waals surface area contributed by atoms with E-state index in [0.29, 0.717) is 0 Å². The minimum absolute atomic E-state index is 0.722. The van der Waals surface area contributed by atoms with Crippen molar-refractivity contribution in [2.24, 2.45) is 5.92 Å². The number of fused-ring (bicyclic) bond motifs is 1. The van der Waals surface area contributed by atoms with Crippen molar-refractivity contribution in [3.8, 4) is 0 Å². The van der Waals surface area contributed by atoms with Gasteiger partial charge in [-0.05, 0) is 25.2 Å². The van der Waals surface area contributed by atoms with Crippen LogP contribution < -0.4 is 0 Å². The first kappa shape index (κ1) is 14.9. The SMILES string of the molecule is CC(C)CCOCCSc1nnc2n1CCCCC2. The first-order valence-electron chi connectivity index (χ1n) is 7.40. The molecule has 0 spiro atoms. The highest BCUT2D eigenvalue weighted by Gasteiger charge is 2.14. The lowest BCUT2D eigenvalue weighted by Crippen LogP contribution is -2.05. The lowest BCUT2D eigenvalue weighted by atomic mass is 10.1. The number of hydrogen-bond acceptors (Lipinski definition) is 4. The molecule has 0 radical (unpaired) electrons. The number of nitrogens with zero attached hydrogens (tertiary/aromatic N) is 3. The summed E-state index contributed by atoms with van der Waals surface area (Å²) in [5, 5.41) is 9.69. The maximum Gasteiger partial charge on any atom is 0.191 e. The lowest BCUT2D eigenvalue weighted by Gasteiger charge is -2.07. The number of thioether (sulfide) groups is 1. The van der Waals surface area contributed by atoms with Gasteiger partial charge in [-0.3, -0.25) is 0 Å². The standard InChI is InChI=1S/C14H25N3OS/c1-12(2)7-9-18-10-11-19-14-16-15-13-6-4-3-5-8-17(13)14/h12H,3-11H2,1-2H3. The van der Waals surface area contributed by atoms with Crippen molar-refractivity contribution in [3.63, 3.8) is 0 Å². The van der Waals surface area contributed by atoms with Crippen LogP contribution in [0, 0.1) is 5.92 Å². The summed E-state index contributed by atoms with van der Waals surface area (Å²) >= 11 is 1.77. The topological polar surface area (TPSA) is 39.9 Å². The van der Waals surface area contributed by atoms with Crippen LogP contribution in [0.2, 0.25) is 0 Å². The van der Waals surface area contributed by atoms with Crippen LogP contribution >= 0.6 is 11.8 Å². The third-order valence-electron chi connectivity index (χ3n) is 3.37. The van der Waals surface area contributed by atoms with Gasteiger partial charge in [-0.25, -0.2) is 0 Å². The molecule has 0 N–H and O–H groups in total. The van der Waals surface area contributed by atoms with Gasteiger partial charge in [0, 0.05) is 25.3 Å². The molecule has 1 aliphatic rings. The highest BCUT2D eigenvalue weighted by Crippen LogP contribution is 2.21. The summed E-state index contributed by atoms with van der Waals surface area (Å²) < 4.78 is 7.93. The fourth-order valence-electron chi connectivity index (χ4n) is 2.18. The van der Waals surface area contributed by atoms with E-state index in [-0.39, 0.29) is 0 Å². The number of aryl methyl sites for hydroxylation is 1. The normalized spacial score (nSPS) is 15.5. The Morgan fingerprint density at radius 2 is 2.11 bits per heavy atom. The van der Waals surface area contributed by atoms with E-state index in [4.69, 9.17) is 4.74 Å². The molecule has 0 atom stereocenters. The summed E-state index contributed by atoms with van der Waals surface area (Å²) in [5.74, 6) is 2.86. The molecule has 0 fully saturated rings. The van der Waals surface area contributed by atoms with Gasteiger partial charge in [0.1, 0.15) is 5.82 Å². The van der Waals surface area contributed by atoms with Crippen LogP contribution in [0.3, 0.4) is 0 Å². The predicted molar refractivity (Wildman–Crippen MR) is 78.6 cm³/mol. The molecule has 1 aromatic heterocycles. The molecule has 0 aliphatic carbocycles. The zero-order valence-corrected chi connectivity index (χ0v) is 12.9. The molecule has 0 unspecified atom stereocenters. The Kier molecular flexibility index (Phi) is 6.17. The van der Waals surface area contributed by atoms with Gasteiger partial charge < -0.3 is 9.30 Å². The number of aromatic nitrogens is 3. The Morgan fingerprint density at radius 1 is 1.21 bits per heavy atom. The molecule has 2 rings (SSSR count). The molecule has 19 heavy (non-hydrogen) atoms. The third kappa shape index (κ3) is 4.80. The Morgan fingerprint density at radius 3 is 2.95 bits per heavy atom. The highest BCUT2D eigenvalue weighted by atomic mass is 32.2. The first-order valence-corrected chi connectivity index (χ1v) is 8.38. The van der Waals surface area contributed by atoms with E-state index in [1.165, 1.54) is 25.1 Å². The van der Waals surface area contributed by atoms with E-state index in [0.717, 1.165) is 49.4 Å². The monoisotopic (exact) mass is 283 g/mol. The molecule has 1 aromatic rings. The maximum absolute atomic E-state index is 5.63. The molecule has 108 valence electrons. The number of ether oxygens (including phenoxy) is 1. The Hall–Kier alpha value is -0.550. The van der Waals surface area contributed by atoms with Gasteiger partial charge in [-0.15, -0.1) is 10.2 Å². The molecule has 0 aromatic carbocycles. The zero-order chi connectivity index (χ0) is 13.5. The van der Waals surface area contributed by atoms with Crippen molar-refractivity contribution in [3.05, 3.63) is 5.82 Å². The van der Waals surface area contributed by atoms with Gasteiger partial charge in [0.25, 0.3) is 0 Å². The van der Waals surface area contributed by atoms with Gasteiger partial charge >= 0.3 is 0 Å². The molecule has 0 saturated carbocycles. The average molecular weight is 283 g/mol. The van der Waals surface area contributed by atoms with Crippen molar-refractivity contribution in [2.75, 3.05) is 19.0 Å². The van der Waals surface area contributed by atoms with Crippen molar-refractivity contribution in [2.45, 2.75) is 57.7 Å². The van der Waals surface area contributed by atoms with Crippen LogP contribution in [0.5, 0.6) is 0 Å². The van der Waals surface area contributed by atoms with E-state index in [2.05, 4.69) is 28.6 Å². The van der Waals surface area contributed by atoms with Crippen molar-refractivity contribution < 1.29 is 4.74 Å². The van der Waals surface area contributed by atoms with Crippen molar-refractivity contribution in [1.29, 1.82) is 0 Å². The molecule has 1 aliphatic heterocycles. The molecule has 0 amide bonds. The summed E-state index contributed by atoms with van der Waals surface area (Å²) in [6, 6.07) is 0. The molecule has 5 heteroatoms. The summed E-state index contributed by atoms with van der Waals surface area (Å²) in [6.45, 7) is 7.21. The number of rotatable bonds is 7. The van der Waals surface area contributed by atoms with Gasteiger partial charge in [0.15, 0.2) is 5.16 Å². The molecule has 0 saturated heterocycles. The highest BCUT2D eigenvalue weighted by molar-refractivity contribution is 7.99. The Bertz CT molecular complexity index is 379. The fourth-order valence-corrected chi connectivity index (χ4v) is 3.01. The van der Waals surface area contributed by atoms with Crippen LogP contribution in [0.4, 0.5) is 0 Å². The largest absolute Gasteiger partial charge is 0.381 e. The summed E-state index contributed by atoms with van der Waals surface area (Å²) in [7, 11) is 0. The van der Waals surface area contributed by atoms with E-state index in [1.54, 1.807) is 11.8 Å². The summed E-state index contributed by atoms with van der Waals surface area (Å²) in [5.41, 5.74) is 0. The molecule has 0 bridgehead atoms. The van der Waals surface area contributed by atoms with E-state index in [1.807, 2.05) is 0 Å². The molecular weight excluding hydrogens is 258 g/mol. The van der Waals surface area contributed by atoms with E-state index >= 15 is 0 Å². The maximum atomic E-state index is 5.63.